The van der Waals surface area contributed by atoms with Gasteiger partial charge in [0.25, 0.3) is 0 Å². The molecule has 1 N–H and O–H groups in total. The first-order chi connectivity index (χ1) is 9.95. The molecule has 6 heteroatoms. The Balaban J connectivity index is 2.28. The number of hydrogen-bond acceptors (Lipinski definition) is 4. The maximum atomic E-state index is 12.8. The molecule has 0 saturated carbocycles. The van der Waals surface area contributed by atoms with Crippen molar-refractivity contribution in [2.45, 2.75) is 52.7 Å². The molecule has 0 radical (unpaired) electrons. The minimum Gasteiger partial charge on any atom is -0.364 e. The summed E-state index contributed by atoms with van der Waals surface area (Å²) in [6.45, 7) is 8.18. The molecule has 3 unspecified atom stereocenters. The zero-order chi connectivity index (χ0) is 15.6. The van der Waals surface area contributed by atoms with E-state index in [1.54, 1.807) is 11.0 Å². The van der Waals surface area contributed by atoms with E-state index in [0.717, 1.165) is 6.42 Å². The Morgan fingerprint density at radius 3 is 2.62 bits per heavy atom. The van der Waals surface area contributed by atoms with Crippen molar-refractivity contribution in [3.8, 4) is 0 Å². The molecule has 6 nitrogen and oxygen atoms in total. The minimum absolute atomic E-state index is 0.0364. The maximum absolute atomic E-state index is 12.8. The summed E-state index contributed by atoms with van der Waals surface area (Å²) in [5.74, 6) is 0.0251. The van der Waals surface area contributed by atoms with Crippen molar-refractivity contribution in [3.63, 3.8) is 0 Å². The second-order valence-electron chi connectivity index (χ2n) is 6.02. The first-order valence-corrected chi connectivity index (χ1v) is 7.45. The molecule has 1 fully saturated rings. The van der Waals surface area contributed by atoms with Gasteiger partial charge in [-0.25, -0.2) is 0 Å². The lowest BCUT2D eigenvalue weighted by Crippen LogP contribution is -2.65. The van der Waals surface area contributed by atoms with Crippen molar-refractivity contribution in [2.24, 2.45) is 11.8 Å². The zero-order valence-corrected chi connectivity index (χ0v) is 13.0. The van der Waals surface area contributed by atoms with Crippen LogP contribution in [0.2, 0.25) is 0 Å². The lowest BCUT2D eigenvalue weighted by atomic mass is 9.90. The summed E-state index contributed by atoms with van der Waals surface area (Å²) in [5, 5.41) is 6.74. The fraction of sp³-hybridized carbons (Fsp3) is 0.667. The quantitative estimate of drug-likeness (QED) is 0.894. The van der Waals surface area contributed by atoms with Crippen molar-refractivity contribution < 1.29 is 14.1 Å². The standard InChI is InChI=1S/C15H23N3O3/c1-5-10(4)12-15(20)18(8-11-6-7-21-17-11)13(9(2)3)14(19)16-12/h6-7,9-10,12-13H,5,8H2,1-4H3,(H,16,19). The van der Waals surface area contributed by atoms with E-state index in [4.69, 9.17) is 4.52 Å². The van der Waals surface area contributed by atoms with E-state index in [2.05, 4.69) is 10.5 Å². The van der Waals surface area contributed by atoms with E-state index in [-0.39, 0.29) is 23.7 Å². The molecule has 1 aliphatic rings. The number of carbonyl (C=O) groups is 2. The average Bonchev–Trinajstić information content (AvgIpc) is 2.94. The van der Waals surface area contributed by atoms with Gasteiger partial charge < -0.3 is 14.7 Å². The van der Waals surface area contributed by atoms with E-state index in [1.807, 2.05) is 27.7 Å². The first kappa shape index (κ1) is 15.5. The molecule has 116 valence electrons. The van der Waals surface area contributed by atoms with E-state index in [9.17, 15) is 9.59 Å². The summed E-state index contributed by atoms with van der Waals surface area (Å²) in [4.78, 5) is 26.8. The smallest absolute Gasteiger partial charge is 0.246 e. The molecule has 0 aromatic carbocycles. The molecule has 2 rings (SSSR count). The molecule has 0 bridgehead atoms. The summed E-state index contributed by atoms with van der Waals surface area (Å²) in [6.07, 6.45) is 2.31. The Hall–Kier alpha value is -1.85. The highest BCUT2D eigenvalue weighted by Crippen LogP contribution is 2.23. The molecule has 1 saturated heterocycles. The third-order valence-corrected chi connectivity index (χ3v) is 4.12. The van der Waals surface area contributed by atoms with Crippen molar-refractivity contribution >= 4 is 11.8 Å². The van der Waals surface area contributed by atoms with E-state index in [0.29, 0.717) is 12.2 Å². The molecule has 0 aliphatic carbocycles. The number of hydrogen-bond donors (Lipinski definition) is 1. The van der Waals surface area contributed by atoms with Gasteiger partial charge >= 0.3 is 0 Å². The van der Waals surface area contributed by atoms with E-state index in [1.165, 1.54) is 6.26 Å². The van der Waals surface area contributed by atoms with Crippen LogP contribution < -0.4 is 5.32 Å². The lowest BCUT2D eigenvalue weighted by molar-refractivity contribution is -0.153. The van der Waals surface area contributed by atoms with Crippen molar-refractivity contribution in [1.29, 1.82) is 0 Å². The molecule has 2 heterocycles. The Kier molecular flexibility index (Phi) is 4.65. The van der Waals surface area contributed by atoms with E-state index >= 15 is 0 Å². The van der Waals surface area contributed by atoms with Crippen LogP contribution in [0.15, 0.2) is 16.9 Å². The van der Waals surface area contributed by atoms with Crippen LogP contribution >= 0.6 is 0 Å². The predicted molar refractivity (Wildman–Crippen MR) is 77.1 cm³/mol. The number of aromatic nitrogens is 1. The van der Waals surface area contributed by atoms with Crippen LogP contribution in [0.3, 0.4) is 0 Å². The van der Waals surface area contributed by atoms with Crippen LogP contribution in [0.25, 0.3) is 0 Å². The van der Waals surface area contributed by atoms with Gasteiger partial charge in [-0.1, -0.05) is 39.3 Å². The first-order valence-electron chi connectivity index (χ1n) is 7.45. The molecule has 1 aromatic heterocycles. The van der Waals surface area contributed by atoms with Crippen LogP contribution in [0, 0.1) is 11.8 Å². The number of carbonyl (C=O) groups excluding carboxylic acids is 2. The third kappa shape index (κ3) is 3.09. The summed E-state index contributed by atoms with van der Waals surface area (Å²) in [7, 11) is 0. The van der Waals surface area contributed by atoms with Gasteiger partial charge in [0.1, 0.15) is 24.0 Å². The number of piperazine rings is 1. The highest BCUT2D eigenvalue weighted by molar-refractivity contribution is 5.97. The van der Waals surface area contributed by atoms with Crippen LogP contribution in [0.4, 0.5) is 0 Å². The third-order valence-electron chi connectivity index (χ3n) is 4.12. The molecule has 3 atom stereocenters. The summed E-state index contributed by atoms with van der Waals surface area (Å²) < 4.78 is 4.82. The van der Waals surface area contributed by atoms with Crippen LogP contribution in [-0.2, 0) is 16.1 Å². The van der Waals surface area contributed by atoms with Crippen molar-refractivity contribution in [3.05, 3.63) is 18.0 Å². The van der Waals surface area contributed by atoms with Gasteiger partial charge in [0, 0.05) is 6.07 Å². The fourth-order valence-electron chi connectivity index (χ4n) is 2.71. The Morgan fingerprint density at radius 1 is 1.38 bits per heavy atom. The van der Waals surface area contributed by atoms with Gasteiger partial charge in [-0.05, 0) is 11.8 Å². The fourth-order valence-corrected chi connectivity index (χ4v) is 2.71. The Morgan fingerprint density at radius 2 is 2.10 bits per heavy atom. The Bertz CT molecular complexity index is 498. The maximum Gasteiger partial charge on any atom is 0.246 e. The van der Waals surface area contributed by atoms with Gasteiger partial charge in [0.15, 0.2) is 0 Å². The van der Waals surface area contributed by atoms with Crippen molar-refractivity contribution in [2.75, 3.05) is 0 Å². The van der Waals surface area contributed by atoms with Crippen molar-refractivity contribution in [1.82, 2.24) is 15.4 Å². The van der Waals surface area contributed by atoms with Gasteiger partial charge in [-0.2, -0.15) is 0 Å². The molecule has 21 heavy (non-hydrogen) atoms. The monoisotopic (exact) mass is 293 g/mol. The topological polar surface area (TPSA) is 75.4 Å². The van der Waals surface area contributed by atoms with Gasteiger partial charge in [0.05, 0.1) is 6.54 Å². The van der Waals surface area contributed by atoms with Gasteiger partial charge in [-0.15, -0.1) is 0 Å². The number of nitrogens with one attached hydrogen (secondary N) is 1. The van der Waals surface area contributed by atoms with Gasteiger partial charge in [-0.3, -0.25) is 9.59 Å². The molecule has 2 amide bonds. The highest BCUT2D eigenvalue weighted by atomic mass is 16.5. The molecular weight excluding hydrogens is 270 g/mol. The minimum atomic E-state index is -0.463. The largest absolute Gasteiger partial charge is 0.364 e. The van der Waals surface area contributed by atoms with E-state index < -0.39 is 12.1 Å². The Labute approximate surface area is 124 Å². The molecule has 1 aliphatic heterocycles. The molecular formula is C15H23N3O3. The average molecular weight is 293 g/mol. The lowest BCUT2D eigenvalue weighted by Gasteiger charge is -2.42. The molecule has 1 aromatic rings. The summed E-state index contributed by atoms with van der Waals surface area (Å²) in [6, 6.07) is 0.800. The van der Waals surface area contributed by atoms with Crippen LogP contribution in [0.5, 0.6) is 0 Å². The highest BCUT2D eigenvalue weighted by Gasteiger charge is 2.43. The van der Waals surface area contributed by atoms with Gasteiger partial charge in [0.2, 0.25) is 11.8 Å². The molecule has 0 spiro atoms. The summed E-state index contributed by atoms with van der Waals surface area (Å²) >= 11 is 0. The number of amides is 2. The summed E-state index contributed by atoms with van der Waals surface area (Å²) in [5.41, 5.74) is 0.659. The van der Waals surface area contributed by atoms with Crippen LogP contribution in [-0.4, -0.2) is 34.0 Å². The number of nitrogens with zero attached hydrogens (tertiary/aromatic N) is 2. The predicted octanol–water partition coefficient (Wildman–Crippen LogP) is 1.57. The number of rotatable bonds is 5. The van der Waals surface area contributed by atoms with Crippen LogP contribution in [0.1, 0.15) is 39.8 Å². The zero-order valence-electron chi connectivity index (χ0n) is 13.0. The normalized spacial score (nSPS) is 24.3. The SMILES string of the molecule is CCC(C)C1NC(=O)C(C(C)C)N(Cc2ccon2)C1=O. The second kappa shape index (κ2) is 6.28. The second-order valence-corrected chi connectivity index (χ2v) is 6.02.